The van der Waals surface area contributed by atoms with Gasteiger partial charge in [-0.15, -0.1) is 0 Å². The lowest BCUT2D eigenvalue weighted by atomic mass is 10.2. The van der Waals surface area contributed by atoms with Gasteiger partial charge in [0.25, 0.3) is 0 Å². The number of para-hydroxylation sites is 1. The molecule has 0 bridgehead atoms. The van der Waals surface area contributed by atoms with Crippen LogP contribution in [0.3, 0.4) is 0 Å². The Kier molecular flexibility index (Phi) is 3.12. The van der Waals surface area contributed by atoms with Crippen molar-refractivity contribution in [3.63, 3.8) is 0 Å². The van der Waals surface area contributed by atoms with E-state index in [-0.39, 0.29) is 17.5 Å². The van der Waals surface area contributed by atoms with Gasteiger partial charge in [0.2, 0.25) is 0 Å². The first-order valence-electron chi connectivity index (χ1n) is 5.38. The SMILES string of the molecule is CC1=C=C(NCc2cccc(O)c2O)NC(N)=N1. The van der Waals surface area contributed by atoms with Crippen LogP contribution in [0.25, 0.3) is 0 Å². The van der Waals surface area contributed by atoms with Crippen LogP contribution in [-0.4, -0.2) is 16.2 Å². The maximum atomic E-state index is 9.64. The van der Waals surface area contributed by atoms with Crippen molar-refractivity contribution in [2.45, 2.75) is 13.5 Å². The Bertz CT molecular complexity index is 571. The van der Waals surface area contributed by atoms with E-state index in [1.165, 1.54) is 6.07 Å². The number of hydrogen-bond acceptors (Lipinski definition) is 6. The number of phenolic OH excluding ortho intramolecular Hbond substituents is 2. The second kappa shape index (κ2) is 4.73. The third-order valence-electron chi connectivity index (χ3n) is 2.40. The van der Waals surface area contributed by atoms with Crippen LogP contribution in [0, 0.1) is 0 Å². The molecule has 1 aliphatic rings. The van der Waals surface area contributed by atoms with Crippen LogP contribution in [0.2, 0.25) is 0 Å². The fourth-order valence-electron chi connectivity index (χ4n) is 1.57. The van der Waals surface area contributed by atoms with Gasteiger partial charge in [0.15, 0.2) is 23.3 Å². The minimum absolute atomic E-state index is 0.135. The van der Waals surface area contributed by atoms with Crippen LogP contribution >= 0.6 is 0 Å². The van der Waals surface area contributed by atoms with E-state index in [2.05, 4.69) is 21.4 Å². The van der Waals surface area contributed by atoms with Gasteiger partial charge < -0.3 is 26.6 Å². The molecular formula is C12H14N4O2. The fraction of sp³-hybridized carbons (Fsp3) is 0.167. The minimum Gasteiger partial charge on any atom is -0.504 e. The van der Waals surface area contributed by atoms with Gasteiger partial charge in [0.05, 0.1) is 5.70 Å². The Morgan fingerprint density at radius 1 is 1.44 bits per heavy atom. The van der Waals surface area contributed by atoms with Crippen molar-refractivity contribution in [2.75, 3.05) is 0 Å². The van der Waals surface area contributed by atoms with Gasteiger partial charge >= 0.3 is 0 Å². The summed E-state index contributed by atoms with van der Waals surface area (Å²) in [6.45, 7) is 2.11. The van der Waals surface area contributed by atoms with Crippen LogP contribution in [0.1, 0.15) is 12.5 Å². The highest BCUT2D eigenvalue weighted by Gasteiger charge is 2.08. The summed E-state index contributed by atoms with van der Waals surface area (Å²) in [6, 6.07) is 4.79. The molecule has 0 unspecified atom stereocenters. The molecule has 0 fully saturated rings. The van der Waals surface area contributed by atoms with Gasteiger partial charge in [0.1, 0.15) is 0 Å². The number of hydrogen-bond donors (Lipinski definition) is 5. The quantitative estimate of drug-likeness (QED) is 0.393. The molecule has 94 valence electrons. The van der Waals surface area contributed by atoms with E-state index < -0.39 is 0 Å². The van der Waals surface area contributed by atoms with E-state index in [4.69, 9.17) is 5.73 Å². The summed E-state index contributed by atoms with van der Waals surface area (Å²) < 4.78 is 0. The molecule has 6 nitrogen and oxygen atoms in total. The molecule has 0 saturated carbocycles. The molecule has 1 aromatic rings. The fourth-order valence-corrected chi connectivity index (χ4v) is 1.57. The van der Waals surface area contributed by atoms with E-state index in [9.17, 15) is 10.2 Å². The first-order valence-corrected chi connectivity index (χ1v) is 5.38. The van der Waals surface area contributed by atoms with Crippen LogP contribution in [0.5, 0.6) is 11.5 Å². The summed E-state index contributed by atoms with van der Waals surface area (Å²) in [5, 5.41) is 24.8. The number of aliphatic imine (C=N–C) groups is 1. The summed E-state index contributed by atoms with van der Waals surface area (Å²) in [5.41, 5.74) is 9.75. The lowest BCUT2D eigenvalue weighted by molar-refractivity contribution is 0.398. The molecular weight excluding hydrogens is 232 g/mol. The lowest BCUT2D eigenvalue weighted by Crippen LogP contribution is -2.37. The Morgan fingerprint density at radius 2 is 2.22 bits per heavy atom. The minimum atomic E-state index is -0.146. The highest BCUT2D eigenvalue weighted by Crippen LogP contribution is 2.27. The number of allylic oxidation sites excluding steroid dienone is 1. The Labute approximate surface area is 104 Å². The third-order valence-corrected chi connectivity index (χ3v) is 2.40. The highest BCUT2D eigenvalue weighted by molar-refractivity contribution is 5.81. The number of nitrogens with two attached hydrogens (primary N) is 1. The van der Waals surface area contributed by atoms with Crippen molar-refractivity contribution in [1.29, 1.82) is 0 Å². The molecule has 1 aromatic carbocycles. The second-order valence-corrected chi connectivity index (χ2v) is 3.85. The number of aromatic hydroxyl groups is 2. The number of nitrogens with one attached hydrogen (secondary N) is 2. The molecule has 0 amide bonds. The summed E-state index contributed by atoms with van der Waals surface area (Å²) in [4.78, 5) is 3.96. The van der Waals surface area contributed by atoms with Crippen LogP contribution in [0.15, 0.2) is 40.4 Å². The first-order chi connectivity index (χ1) is 8.56. The average Bonchev–Trinajstić information content (AvgIpc) is 2.30. The standard InChI is InChI=1S/C12H14N4O2/c1-7-5-10(16-12(13)15-7)14-6-8-3-2-4-9(17)11(8)18/h2-4,14,17-18H,6H2,1H3,(H3,13,15,16). The predicted molar refractivity (Wildman–Crippen MR) is 67.6 cm³/mol. The molecule has 6 N–H and O–H groups in total. The number of phenols is 2. The van der Waals surface area contributed by atoms with Crippen molar-refractivity contribution < 1.29 is 10.2 Å². The van der Waals surface area contributed by atoms with Crippen molar-refractivity contribution in [1.82, 2.24) is 10.6 Å². The normalized spacial score (nSPS) is 14.2. The average molecular weight is 246 g/mol. The molecule has 0 saturated heterocycles. The lowest BCUT2D eigenvalue weighted by Gasteiger charge is -2.14. The maximum absolute atomic E-state index is 9.64. The van der Waals surface area contributed by atoms with Gasteiger partial charge in [0, 0.05) is 12.1 Å². The largest absolute Gasteiger partial charge is 0.504 e. The zero-order chi connectivity index (χ0) is 13.1. The highest BCUT2D eigenvalue weighted by atomic mass is 16.3. The Balaban J connectivity index is 2.10. The van der Waals surface area contributed by atoms with E-state index in [1.54, 1.807) is 19.1 Å². The van der Waals surface area contributed by atoms with Crippen molar-refractivity contribution in [3.8, 4) is 11.5 Å². The maximum Gasteiger partial charge on any atom is 0.200 e. The summed E-state index contributed by atoms with van der Waals surface area (Å²) in [5.74, 6) is 0.577. The zero-order valence-corrected chi connectivity index (χ0v) is 9.86. The molecule has 0 aromatic heterocycles. The van der Waals surface area contributed by atoms with Crippen molar-refractivity contribution in [2.24, 2.45) is 10.7 Å². The van der Waals surface area contributed by atoms with Crippen molar-refractivity contribution >= 4 is 5.96 Å². The number of benzene rings is 1. The molecule has 1 heterocycles. The number of nitrogens with zero attached hydrogens (tertiary/aromatic N) is 1. The third kappa shape index (κ3) is 2.56. The molecule has 18 heavy (non-hydrogen) atoms. The zero-order valence-electron chi connectivity index (χ0n) is 9.86. The van der Waals surface area contributed by atoms with E-state index in [0.717, 1.165) is 0 Å². The topological polar surface area (TPSA) is 103 Å². The van der Waals surface area contributed by atoms with Gasteiger partial charge in [-0.3, -0.25) is 0 Å². The Hall–Kier alpha value is -2.59. The number of guanidine groups is 1. The predicted octanol–water partition coefficient (Wildman–Crippen LogP) is 0.449. The van der Waals surface area contributed by atoms with Crippen LogP contribution in [0.4, 0.5) is 0 Å². The van der Waals surface area contributed by atoms with Crippen LogP contribution in [-0.2, 0) is 6.54 Å². The van der Waals surface area contributed by atoms with Gasteiger partial charge in [-0.25, -0.2) is 4.99 Å². The smallest absolute Gasteiger partial charge is 0.200 e. The molecule has 6 heteroatoms. The first kappa shape index (κ1) is 11.9. The van der Waals surface area contributed by atoms with E-state index in [0.29, 0.717) is 23.6 Å². The summed E-state index contributed by atoms with van der Waals surface area (Å²) >= 11 is 0. The molecule has 0 spiro atoms. The molecule has 0 atom stereocenters. The number of rotatable bonds is 3. The summed E-state index contributed by atoms with van der Waals surface area (Å²) in [6.07, 6.45) is 0. The van der Waals surface area contributed by atoms with Crippen LogP contribution < -0.4 is 16.4 Å². The van der Waals surface area contributed by atoms with E-state index in [1.807, 2.05) is 0 Å². The molecule has 0 radical (unpaired) electrons. The van der Waals surface area contributed by atoms with E-state index >= 15 is 0 Å². The molecule has 0 aliphatic carbocycles. The monoisotopic (exact) mass is 246 g/mol. The van der Waals surface area contributed by atoms with Gasteiger partial charge in [-0.2, -0.15) is 0 Å². The molecule has 2 rings (SSSR count). The van der Waals surface area contributed by atoms with Gasteiger partial charge in [-0.1, -0.05) is 17.9 Å². The summed E-state index contributed by atoms with van der Waals surface area (Å²) in [7, 11) is 0. The Morgan fingerprint density at radius 3 is 2.94 bits per heavy atom. The van der Waals surface area contributed by atoms with Crippen molar-refractivity contribution in [3.05, 3.63) is 41.0 Å². The van der Waals surface area contributed by atoms with Gasteiger partial charge in [-0.05, 0) is 13.0 Å². The molecule has 1 aliphatic heterocycles. The second-order valence-electron chi connectivity index (χ2n) is 3.85.